The van der Waals surface area contributed by atoms with Crippen molar-refractivity contribution in [2.45, 2.75) is 11.4 Å². The standard InChI is InChI=1S/C14H17N9O5S2/c15-13-20-6(1-29-13)7(22-28)9(24)21-8-10(25)23-3-14(12(26)27,4-30-11(8)23)2-18-19-5-17-16/h1-2,5,8,11,28H,3-4,16H2,(H2,15,20)(H,17,19)(H,21,24)(H,26,27)/t8?,11-,14?/m1/s1. The number of nitrogens with two attached hydrogens (primary N) is 2. The Balaban J connectivity index is 1.68. The number of thiazole rings is 1. The van der Waals surface area contributed by atoms with Crippen molar-refractivity contribution < 1.29 is 24.7 Å². The second kappa shape index (κ2) is 8.54. The smallest absolute Gasteiger partial charge is 0.317 e. The summed E-state index contributed by atoms with van der Waals surface area (Å²) in [6.45, 7) is -0.125. The quantitative estimate of drug-likeness (QED) is 0.0653. The number of carboxylic acids is 1. The third-order valence-electron chi connectivity index (χ3n) is 4.42. The van der Waals surface area contributed by atoms with Crippen molar-refractivity contribution in [1.29, 1.82) is 0 Å². The van der Waals surface area contributed by atoms with Gasteiger partial charge in [-0.3, -0.25) is 19.8 Å². The molecular weight excluding hydrogens is 438 g/mol. The van der Waals surface area contributed by atoms with Crippen LogP contribution in [0, 0.1) is 5.41 Å². The van der Waals surface area contributed by atoms with Gasteiger partial charge in [-0.2, -0.15) is 10.2 Å². The van der Waals surface area contributed by atoms with Gasteiger partial charge in [-0.1, -0.05) is 5.16 Å². The number of carboxylic acid groups (broad SMARTS) is 1. The van der Waals surface area contributed by atoms with E-state index in [1.165, 1.54) is 28.3 Å². The van der Waals surface area contributed by atoms with Crippen LogP contribution in [0.15, 0.2) is 20.7 Å². The van der Waals surface area contributed by atoms with Crippen LogP contribution in [0.25, 0.3) is 0 Å². The number of nitrogens with zero attached hydrogens (tertiary/aromatic N) is 5. The van der Waals surface area contributed by atoms with Gasteiger partial charge >= 0.3 is 5.97 Å². The van der Waals surface area contributed by atoms with Gasteiger partial charge in [0.05, 0.1) is 0 Å². The minimum atomic E-state index is -1.42. The van der Waals surface area contributed by atoms with Gasteiger partial charge in [0.25, 0.3) is 5.91 Å². The van der Waals surface area contributed by atoms with E-state index in [2.05, 4.69) is 31.1 Å². The number of carbonyl (C=O) groups is 3. The van der Waals surface area contributed by atoms with Crippen molar-refractivity contribution in [2.24, 2.45) is 26.6 Å². The molecule has 2 fully saturated rings. The van der Waals surface area contributed by atoms with Crippen molar-refractivity contribution in [3.8, 4) is 0 Å². The fraction of sp³-hybridized carbons (Fsp3) is 0.357. The van der Waals surface area contributed by atoms with Gasteiger partial charge in [-0.25, -0.2) is 4.98 Å². The Labute approximate surface area is 177 Å². The molecule has 0 spiro atoms. The molecule has 3 rings (SSSR count). The Morgan fingerprint density at radius 3 is 2.83 bits per heavy atom. The average Bonchev–Trinajstić information content (AvgIpc) is 3.15. The van der Waals surface area contributed by atoms with Gasteiger partial charge in [0.15, 0.2) is 10.8 Å². The molecular formula is C14H17N9O5S2. The Kier molecular flexibility index (Phi) is 6.06. The molecule has 2 aliphatic heterocycles. The Bertz CT molecular complexity index is 948. The van der Waals surface area contributed by atoms with Crippen molar-refractivity contribution in [1.82, 2.24) is 20.6 Å². The van der Waals surface area contributed by atoms with Crippen LogP contribution in [0.2, 0.25) is 0 Å². The zero-order chi connectivity index (χ0) is 21.9. The average molecular weight is 455 g/mol. The highest BCUT2D eigenvalue weighted by Gasteiger charge is 2.57. The molecule has 0 aromatic carbocycles. The Morgan fingerprint density at radius 1 is 1.47 bits per heavy atom. The maximum atomic E-state index is 12.5. The molecule has 1 aromatic heterocycles. The van der Waals surface area contributed by atoms with Crippen LogP contribution in [0.5, 0.6) is 0 Å². The van der Waals surface area contributed by atoms with E-state index in [0.717, 1.165) is 17.7 Å². The number of carbonyl (C=O) groups excluding carboxylic acids is 2. The number of thioether (sulfide) groups is 1. The Hall–Kier alpha value is -3.40. The first-order chi connectivity index (χ1) is 14.3. The zero-order valence-electron chi connectivity index (χ0n) is 15.1. The van der Waals surface area contributed by atoms with Gasteiger partial charge in [0.1, 0.15) is 28.9 Å². The third kappa shape index (κ3) is 3.86. The topological polar surface area (TPSA) is 221 Å². The lowest BCUT2D eigenvalue weighted by Gasteiger charge is -2.52. The predicted molar refractivity (Wildman–Crippen MR) is 109 cm³/mol. The molecule has 3 atom stereocenters. The molecule has 16 heteroatoms. The molecule has 0 radical (unpaired) electrons. The number of hydrogen-bond donors (Lipinski definition) is 6. The van der Waals surface area contributed by atoms with Crippen molar-refractivity contribution in [2.75, 3.05) is 18.0 Å². The summed E-state index contributed by atoms with van der Waals surface area (Å²) in [6, 6.07) is -0.901. The fourth-order valence-corrected chi connectivity index (χ4v) is 4.94. The number of β-lactam (4-membered cyclic amide) rings is 1. The first-order valence-electron chi connectivity index (χ1n) is 8.24. The predicted octanol–water partition coefficient (Wildman–Crippen LogP) is -2.15. The molecule has 1 aromatic rings. The second-order valence-corrected chi connectivity index (χ2v) is 8.26. The van der Waals surface area contributed by atoms with E-state index in [1.54, 1.807) is 0 Å². The molecule has 2 aliphatic rings. The van der Waals surface area contributed by atoms with Crippen LogP contribution in [0.3, 0.4) is 0 Å². The summed E-state index contributed by atoms with van der Waals surface area (Å²) < 4.78 is 0. The summed E-state index contributed by atoms with van der Waals surface area (Å²) >= 11 is 2.24. The van der Waals surface area contributed by atoms with Crippen LogP contribution < -0.4 is 22.3 Å². The number of aliphatic carboxylic acids is 1. The number of nitrogen functional groups attached to an aromatic ring is 1. The lowest BCUT2D eigenvalue weighted by Crippen LogP contribution is -2.74. The van der Waals surface area contributed by atoms with Crippen molar-refractivity contribution in [3.05, 3.63) is 11.1 Å². The van der Waals surface area contributed by atoms with Crippen LogP contribution in [0.1, 0.15) is 5.69 Å². The molecule has 2 amide bonds. The highest BCUT2D eigenvalue weighted by atomic mass is 32.2. The van der Waals surface area contributed by atoms with Crippen molar-refractivity contribution in [3.63, 3.8) is 0 Å². The molecule has 8 N–H and O–H groups in total. The van der Waals surface area contributed by atoms with Gasteiger partial charge in [0, 0.05) is 23.9 Å². The number of aromatic nitrogens is 1. The van der Waals surface area contributed by atoms with E-state index < -0.39 is 34.6 Å². The normalized spacial score (nSPS) is 26.5. The minimum absolute atomic E-state index is 0.0760. The van der Waals surface area contributed by atoms with E-state index in [9.17, 15) is 19.5 Å². The molecule has 2 saturated heterocycles. The molecule has 0 aliphatic carbocycles. The van der Waals surface area contributed by atoms with E-state index in [0.29, 0.717) is 0 Å². The molecule has 2 unspecified atom stereocenters. The number of hydrazone groups is 2. The maximum Gasteiger partial charge on any atom is 0.317 e. The summed E-state index contributed by atoms with van der Waals surface area (Å²) in [6.07, 6.45) is 2.25. The monoisotopic (exact) mass is 455 g/mol. The second-order valence-electron chi connectivity index (χ2n) is 6.27. The van der Waals surface area contributed by atoms with E-state index in [4.69, 9.17) is 16.8 Å². The molecule has 160 valence electrons. The molecule has 14 nitrogen and oxygen atoms in total. The SMILES string of the molecule is NN=CNN=CC1(C(=O)O)CS[C@@H]2C(NC(=O)C(=NO)c3csc(N)n3)C(=O)N2C1. The highest BCUT2D eigenvalue weighted by Crippen LogP contribution is 2.41. The van der Waals surface area contributed by atoms with Gasteiger partial charge in [-0.15, -0.1) is 23.1 Å². The zero-order valence-corrected chi connectivity index (χ0v) is 16.8. The van der Waals surface area contributed by atoms with Gasteiger partial charge < -0.3 is 32.1 Å². The largest absolute Gasteiger partial charge is 0.480 e. The fourth-order valence-electron chi connectivity index (χ4n) is 2.90. The number of hydrogen-bond acceptors (Lipinski definition) is 12. The van der Waals surface area contributed by atoms with E-state index >= 15 is 0 Å². The summed E-state index contributed by atoms with van der Waals surface area (Å²) in [5, 5.41) is 32.3. The summed E-state index contributed by atoms with van der Waals surface area (Å²) in [5.41, 5.74) is 6.15. The van der Waals surface area contributed by atoms with Crippen LogP contribution in [-0.2, 0) is 14.4 Å². The van der Waals surface area contributed by atoms with E-state index in [1.807, 2.05) is 0 Å². The van der Waals surface area contributed by atoms with Crippen LogP contribution in [0.4, 0.5) is 5.13 Å². The third-order valence-corrected chi connectivity index (χ3v) is 6.64. The number of anilines is 1. The minimum Gasteiger partial charge on any atom is -0.480 e. The van der Waals surface area contributed by atoms with Crippen LogP contribution >= 0.6 is 23.1 Å². The first kappa shape index (κ1) is 21.3. The van der Waals surface area contributed by atoms with Gasteiger partial charge in [0.2, 0.25) is 5.91 Å². The molecule has 3 heterocycles. The molecule has 0 saturated carbocycles. The molecule has 0 bridgehead atoms. The summed E-state index contributed by atoms with van der Waals surface area (Å²) in [4.78, 5) is 42.0. The van der Waals surface area contributed by atoms with Crippen LogP contribution in [-0.4, -0.2) is 80.0 Å². The number of fused-ring (bicyclic) bond motifs is 1. The number of oxime groups is 1. The summed E-state index contributed by atoms with van der Waals surface area (Å²) in [5.74, 6) is 2.61. The number of amides is 2. The van der Waals surface area contributed by atoms with Gasteiger partial charge in [-0.05, 0) is 0 Å². The summed E-state index contributed by atoms with van der Waals surface area (Å²) in [7, 11) is 0. The van der Waals surface area contributed by atoms with E-state index in [-0.39, 0.29) is 28.8 Å². The first-order valence-corrected chi connectivity index (χ1v) is 10.2. The lowest BCUT2D eigenvalue weighted by molar-refractivity contribution is -0.154. The number of rotatable bonds is 7. The molecule has 30 heavy (non-hydrogen) atoms. The highest BCUT2D eigenvalue weighted by molar-refractivity contribution is 8.00. The maximum absolute atomic E-state index is 12.5. The Morgan fingerprint density at radius 2 is 2.23 bits per heavy atom. The number of nitrogens with one attached hydrogen (secondary N) is 2. The lowest BCUT2D eigenvalue weighted by atomic mass is 9.88. The van der Waals surface area contributed by atoms with Crippen molar-refractivity contribution >= 4 is 64.3 Å².